The van der Waals surface area contributed by atoms with Gasteiger partial charge < -0.3 is 10.1 Å². The van der Waals surface area contributed by atoms with Gasteiger partial charge in [-0.15, -0.1) is 0 Å². The Balaban J connectivity index is 1.60. The van der Waals surface area contributed by atoms with Gasteiger partial charge in [0.25, 0.3) is 0 Å². The molecule has 2 rings (SSSR count). The number of alkyl carbamates (subject to hydrolysis) is 1. The highest BCUT2D eigenvalue weighted by atomic mass is 16.5. The average Bonchev–Trinajstić information content (AvgIpc) is 3.01. The van der Waals surface area contributed by atoms with Crippen LogP contribution in [0.1, 0.15) is 24.5 Å². The molecule has 0 saturated heterocycles. The molecule has 0 aliphatic rings. The molecule has 1 N–H and O–H groups in total. The topological polar surface area (TPSA) is 56.2 Å². The Labute approximate surface area is 130 Å². The third-order valence-electron chi connectivity index (χ3n) is 3.08. The van der Waals surface area contributed by atoms with Gasteiger partial charge in [0, 0.05) is 24.8 Å². The molecule has 0 aliphatic carbocycles. The second-order valence-electron chi connectivity index (χ2n) is 4.81. The number of nitrogens with zero attached hydrogens (tertiary/aromatic N) is 2. The number of ether oxygens (including phenoxy) is 1. The van der Waals surface area contributed by atoms with Crippen molar-refractivity contribution in [2.75, 3.05) is 6.54 Å². The molecule has 0 spiro atoms. The number of aryl methyl sites for hydroxylation is 1. The van der Waals surface area contributed by atoms with Gasteiger partial charge in [-0.3, -0.25) is 4.68 Å². The number of hydrogen-bond donors (Lipinski definition) is 1. The van der Waals surface area contributed by atoms with Crippen molar-refractivity contribution < 1.29 is 9.53 Å². The predicted molar refractivity (Wildman–Crippen MR) is 86.2 cm³/mol. The van der Waals surface area contributed by atoms with Crippen molar-refractivity contribution in [3.8, 4) is 0 Å². The smallest absolute Gasteiger partial charge is 0.407 e. The summed E-state index contributed by atoms with van der Waals surface area (Å²) in [7, 11) is 0. The Morgan fingerprint density at radius 1 is 1.36 bits per heavy atom. The molecule has 0 radical (unpaired) electrons. The molecule has 0 unspecified atom stereocenters. The van der Waals surface area contributed by atoms with E-state index in [-0.39, 0.29) is 0 Å². The van der Waals surface area contributed by atoms with E-state index >= 15 is 0 Å². The van der Waals surface area contributed by atoms with Crippen molar-refractivity contribution in [3.05, 3.63) is 59.9 Å². The number of carbonyl (C=O) groups is 1. The number of benzene rings is 1. The molecule has 1 heterocycles. The molecular weight excluding hydrogens is 278 g/mol. The predicted octanol–water partition coefficient (Wildman–Crippen LogP) is 3.23. The Hall–Kier alpha value is -2.56. The van der Waals surface area contributed by atoms with E-state index in [1.807, 2.05) is 66.5 Å². The summed E-state index contributed by atoms with van der Waals surface area (Å²) in [5.41, 5.74) is 2.04. The molecule has 0 bridgehead atoms. The summed E-state index contributed by atoms with van der Waals surface area (Å²) in [5.74, 6) is 0. The Kier molecular flexibility index (Phi) is 6.23. The molecule has 116 valence electrons. The summed E-state index contributed by atoms with van der Waals surface area (Å²) in [6.07, 6.45) is 8.16. The molecule has 1 aromatic heterocycles. The SMILES string of the molecule is CCn1cc(C=CCCNC(=O)OCc2ccccc2)cn1. The number of rotatable bonds is 7. The molecule has 0 saturated carbocycles. The van der Waals surface area contributed by atoms with Gasteiger partial charge in [-0.05, 0) is 18.9 Å². The lowest BCUT2D eigenvalue weighted by Gasteiger charge is -2.05. The van der Waals surface area contributed by atoms with E-state index in [9.17, 15) is 4.79 Å². The Morgan fingerprint density at radius 3 is 2.91 bits per heavy atom. The van der Waals surface area contributed by atoms with E-state index in [2.05, 4.69) is 10.4 Å². The second-order valence-corrected chi connectivity index (χ2v) is 4.81. The summed E-state index contributed by atoms with van der Waals surface area (Å²) < 4.78 is 7.00. The summed E-state index contributed by atoms with van der Waals surface area (Å²) >= 11 is 0. The van der Waals surface area contributed by atoms with Crippen molar-refractivity contribution in [3.63, 3.8) is 0 Å². The number of aromatic nitrogens is 2. The van der Waals surface area contributed by atoms with Crippen molar-refractivity contribution in [1.29, 1.82) is 0 Å². The molecule has 5 nitrogen and oxygen atoms in total. The number of amides is 1. The van der Waals surface area contributed by atoms with Crippen LogP contribution in [0.2, 0.25) is 0 Å². The van der Waals surface area contributed by atoms with E-state index in [0.29, 0.717) is 13.2 Å². The standard InChI is InChI=1S/C17H21N3O2/c1-2-20-13-16(12-19-20)10-6-7-11-18-17(21)22-14-15-8-4-3-5-9-15/h3-6,8-10,12-13H,2,7,11,14H2,1H3,(H,18,21). The summed E-state index contributed by atoms with van der Waals surface area (Å²) in [6.45, 7) is 3.75. The van der Waals surface area contributed by atoms with Crippen LogP contribution in [0.25, 0.3) is 6.08 Å². The first-order valence-electron chi connectivity index (χ1n) is 7.41. The van der Waals surface area contributed by atoms with Crippen LogP contribution in [0.3, 0.4) is 0 Å². The molecule has 0 atom stereocenters. The molecule has 22 heavy (non-hydrogen) atoms. The fourth-order valence-corrected chi connectivity index (χ4v) is 1.89. The van der Waals surface area contributed by atoms with Gasteiger partial charge in [0.2, 0.25) is 0 Å². The molecule has 5 heteroatoms. The van der Waals surface area contributed by atoms with Crippen molar-refractivity contribution in [2.45, 2.75) is 26.5 Å². The second kappa shape index (κ2) is 8.67. The van der Waals surface area contributed by atoms with Crippen molar-refractivity contribution in [1.82, 2.24) is 15.1 Å². The first-order chi connectivity index (χ1) is 10.8. The fourth-order valence-electron chi connectivity index (χ4n) is 1.89. The van der Waals surface area contributed by atoms with Gasteiger partial charge in [0.15, 0.2) is 0 Å². The van der Waals surface area contributed by atoms with E-state index in [4.69, 9.17) is 4.74 Å². The van der Waals surface area contributed by atoms with Gasteiger partial charge in [-0.1, -0.05) is 42.5 Å². The largest absolute Gasteiger partial charge is 0.445 e. The fraction of sp³-hybridized carbons (Fsp3) is 0.294. The lowest BCUT2D eigenvalue weighted by molar-refractivity contribution is 0.140. The van der Waals surface area contributed by atoms with Crippen LogP contribution in [0.4, 0.5) is 4.79 Å². The van der Waals surface area contributed by atoms with Crippen LogP contribution < -0.4 is 5.32 Å². The Morgan fingerprint density at radius 2 is 2.18 bits per heavy atom. The highest BCUT2D eigenvalue weighted by Gasteiger charge is 2.00. The summed E-state index contributed by atoms with van der Waals surface area (Å²) in [6, 6.07) is 9.61. The number of carbonyl (C=O) groups excluding carboxylic acids is 1. The molecular formula is C17H21N3O2. The van der Waals surface area contributed by atoms with Gasteiger partial charge in [-0.25, -0.2) is 4.79 Å². The van der Waals surface area contributed by atoms with Gasteiger partial charge in [0.05, 0.1) is 6.20 Å². The molecule has 1 amide bonds. The van der Waals surface area contributed by atoms with Crippen molar-refractivity contribution >= 4 is 12.2 Å². The van der Waals surface area contributed by atoms with Crippen LogP contribution in [-0.2, 0) is 17.9 Å². The summed E-state index contributed by atoms with van der Waals surface area (Å²) in [4.78, 5) is 11.5. The molecule has 0 aliphatic heterocycles. The van der Waals surface area contributed by atoms with Gasteiger partial charge in [0.1, 0.15) is 6.61 Å². The minimum atomic E-state index is -0.393. The normalized spacial score (nSPS) is 10.8. The van der Waals surface area contributed by atoms with E-state index in [1.165, 1.54) is 0 Å². The maximum Gasteiger partial charge on any atom is 0.407 e. The monoisotopic (exact) mass is 299 g/mol. The Bertz CT molecular complexity index is 605. The lowest BCUT2D eigenvalue weighted by Crippen LogP contribution is -2.24. The minimum Gasteiger partial charge on any atom is -0.445 e. The summed E-state index contributed by atoms with van der Waals surface area (Å²) in [5, 5.41) is 6.91. The highest BCUT2D eigenvalue weighted by Crippen LogP contribution is 2.02. The third-order valence-corrected chi connectivity index (χ3v) is 3.08. The zero-order valence-electron chi connectivity index (χ0n) is 12.7. The van der Waals surface area contributed by atoms with E-state index < -0.39 is 6.09 Å². The first kappa shape index (κ1) is 15.8. The van der Waals surface area contributed by atoms with Crippen LogP contribution >= 0.6 is 0 Å². The van der Waals surface area contributed by atoms with Gasteiger partial charge >= 0.3 is 6.09 Å². The lowest BCUT2D eigenvalue weighted by atomic mass is 10.2. The molecule has 0 fully saturated rings. The van der Waals surface area contributed by atoms with Crippen LogP contribution in [0.15, 0.2) is 48.8 Å². The minimum absolute atomic E-state index is 0.290. The quantitative estimate of drug-likeness (QED) is 0.799. The zero-order valence-corrected chi connectivity index (χ0v) is 12.7. The third kappa shape index (κ3) is 5.44. The maximum atomic E-state index is 11.5. The van der Waals surface area contributed by atoms with Gasteiger partial charge in [-0.2, -0.15) is 5.10 Å². The zero-order chi connectivity index (χ0) is 15.6. The maximum absolute atomic E-state index is 11.5. The first-order valence-corrected chi connectivity index (χ1v) is 7.41. The number of hydrogen-bond acceptors (Lipinski definition) is 3. The molecule has 1 aromatic carbocycles. The van der Waals surface area contributed by atoms with Crippen LogP contribution in [0.5, 0.6) is 0 Å². The van der Waals surface area contributed by atoms with Crippen molar-refractivity contribution in [2.24, 2.45) is 0 Å². The van der Waals surface area contributed by atoms with Crippen LogP contribution in [0, 0.1) is 0 Å². The van der Waals surface area contributed by atoms with E-state index in [0.717, 1.165) is 24.1 Å². The molecule has 2 aromatic rings. The highest BCUT2D eigenvalue weighted by molar-refractivity contribution is 5.67. The average molecular weight is 299 g/mol. The van der Waals surface area contributed by atoms with E-state index in [1.54, 1.807) is 0 Å². The van der Waals surface area contributed by atoms with Crippen LogP contribution in [-0.4, -0.2) is 22.4 Å². The number of nitrogens with one attached hydrogen (secondary N) is 1.